The summed E-state index contributed by atoms with van der Waals surface area (Å²) in [6, 6.07) is 0.00665. The van der Waals surface area contributed by atoms with Crippen LogP contribution in [0.4, 0.5) is 4.79 Å². The third kappa shape index (κ3) is 3.87. The van der Waals surface area contributed by atoms with Gasteiger partial charge in [-0.05, 0) is 25.5 Å². The Morgan fingerprint density at radius 1 is 1.56 bits per heavy atom. The second-order valence-corrected chi connectivity index (χ2v) is 5.29. The third-order valence-electron chi connectivity index (χ3n) is 3.12. The van der Waals surface area contributed by atoms with Crippen molar-refractivity contribution in [3.05, 3.63) is 0 Å². The van der Waals surface area contributed by atoms with Crippen molar-refractivity contribution in [3.8, 4) is 0 Å². The molecule has 0 radical (unpaired) electrons. The van der Waals surface area contributed by atoms with E-state index in [1.165, 1.54) is 12.8 Å². The lowest BCUT2D eigenvalue weighted by Gasteiger charge is -2.21. The number of aliphatic hydroxyl groups is 1. The van der Waals surface area contributed by atoms with Crippen LogP contribution >= 0.6 is 11.8 Å². The van der Waals surface area contributed by atoms with E-state index in [1.807, 2.05) is 18.7 Å². The molecule has 16 heavy (non-hydrogen) atoms. The summed E-state index contributed by atoms with van der Waals surface area (Å²) in [4.78, 5) is 11.6. The maximum absolute atomic E-state index is 11.6. The molecule has 0 aromatic heterocycles. The van der Waals surface area contributed by atoms with Crippen LogP contribution in [-0.2, 0) is 0 Å². The van der Waals surface area contributed by atoms with Gasteiger partial charge in [0.05, 0.1) is 12.6 Å². The van der Waals surface area contributed by atoms with Gasteiger partial charge in [0.15, 0.2) is 0 Å². The van der Waals surface area contributed by atoms with Gasteiger partial charge in [0.25, 0.3) is 0 Å². The lowest BCUT2D eigenvalue weighted by Crippen LogP contribution is -2.48. The van der Waals surface area contributed by atoms with E-state index in [9.17, 15) is 4.79 Å². The molecule has 0 aromatic carbocycles. The minimum atomic E-state index is -0.146. The van der Waals surface area contributed by atoms with Crippen molar-refractivity contribution in [2.75, 3.05) is 12.9 Å². The zero-order chi connectivity index (χ0) is 12.0. The SMILES string of the molecule is CC[C@H](CO)NC(=O)N[C@@H]1CCC[C@H]1SC. The fourth-order valence-corrected chi connectivity index (χ4v) is 2.98. The highest BCUT2D eigenvalue weighted by Crippen LogP contribution is 2.28. The summed E-state index contributed by atoms with van der Waals surface area (Å²) in [5.74, 6) is 0. The summed E-state index contributed by atoms with van der Waals surface area (Å²) in [6.07, 6.45) is 6.28. The molecule has 2 amide bonds. The van der Waals surface area contributed by atoms with Crippen LogP contribution < -0.4 is 10.6 Å². The number of carbonyl (C=O) groups excluding carboxylic acids is 1. The van der Waals surface area contributed by atoms with Crippen LogP contribution in [0.3, 0.4) is 0 Å². The first-order valence-electron chi connectivity index (χ1n) is 5.92. The van der Waals surface area contributed by atoms with Crippen LogP contribution in [0.25, 0.3) is 0 Å². The number of carbonyl (C=O) groups is 1. The molecular weight excluding hydrogens is 224 g/mol. The molecule has 1 saturated carbocycles. The van der Waals surface area contributed by atoms with E-state index < -0.39 is 0 Å². The van der Waals surface area contributed by atoms with Gasteiger partial charge in [-0.2, -0.15) is 11.8 Å². The van der Waals surface area contributed by atoms with Crippen molar-refractivity contribution < 1.29 is 9.90 Å². The van der Waals surface area contributed by atoms with Gasteiger partial charge in [0.2, 0.25) is 0 Å². The van der Waals surface area contributed by atoms with Crippen molar-refractivity contribution >= 4 is 17.8 Å². The molecule has 0 heterocycles. The van der Waals surface area contributed by atoms with Crippen molar-refractivity contribution in [1.29, 1.82) is 0 Å². The number of nitrogens with one attached hydrogen (secondary N) is 2. The van der Waals surface area contributed by atoms with Crippen LogP contribution in [-0.4, -0.2) is 41.3 Å². The molecule has 3 atom stereocenters. The number of hydrogen-bond acceptors (Lipinski definition) is 3. The lowest BCUT2D eigenvalue weighted by molar-refractivity contribution is 0.212. The minimum Gasteiger partial charge on any atom is -0.394 e. The quantitative estimate of drug-likeness (QED) is 0.686. The van der Waals surface area contributed by atoms with E-state index >= 15 is 0 Å². The Labute approximate surface area is 102 Å². The Hall–Kier alpha value is -0.420. The molecule has 3 N–H and O–H groups in total. The summed E-state index contributed by atoms with van der Waals surface area (Å²) in [6.45, 7) is 1.95. The van der Waals surface area contributed by atoms with Crippen LogP contribution in [0.5, 0.6) is 0 Å². The predicted octanol–water partition coefficient (Wildman–Crippen LogP) is 1.34. The Kier molecular flexibility index (Phi) is 5.98. The van der Waals surface area contributed by atoms with Crippen molar-refractivity contribution in [1.82, 2.24) is 10.6 Å². The Morgan fingerprint density at radius 2 is 2.31 bits per heavy atom. The first-order valence-corrected chi connectivity index (χ1v) is 7.20. The largest absolute Gasteiger partial charge is 0.394 e. The summed E-state index contributed by atoms with van der Waals surface area (Å²) in [5, 5.41) is 15.3. The second-order valence-electron chi connectivity index (χ2n) is 4.22. The van der Waals surface area contributed by atoms with Gasteiger partial charge >= 0.3 is 6.03 Å². The molecule has 1 aliphatic carbocycles. The van der Waals surface area contributed by atoms with E-state index in [0.717, 1.165) is 12.8 Å². The smallest absolute Gasteiger partial charge is 0.315 e. The van der Waals surface area contributed by atoms with Crippen molar-refractivity contribution in [3.63, 3.8) is 0 Å². The Balaban J connectivity index is 2.33. The fourth-order valence-electron chi connectivity index (χ4n) is 2.05. The average molecular weight is 246 g/mol. The minimum absolute atomic E-state index is 0.000539. The van der Waals surface area contributed by atoms with Crippen LogP contribution in [0, 0.1) is 0 Å². The zero-order valence-corrected chi connectivity index (χ0v) is 10.8. The van der Waals surface area contributed by atoms with Crippen LogP contribution in [0.15, 0.2) is 0 Å². The third-order valence-corrected chi connectivity index (χ3v) is 4.29. The summed E-state index contributed by atoms with van der Waals surface area (Å²) in [5.41, 5.74) is 0. The number of aliphatic hydroxyl groups excluding tert-OH is 1. The summed E-state index contributed by atoms with van der Waals surface area (Å²) >= 11 is 1.82. The Morgan fingerprint density at radius 3 is 2.88 bits per heavy atom. The first-order chi connectivity index (χ1) is 7.71. The van der Waals surface area contributed by atoms with Gasteiger partial charge in [-0.15, -0.1) is 0 Å². The molecule has 1 rings (SSSR count). The van der Waals surface area contributed by atoms with E-state index in [-0.39, 0.29) is 24.7 Å². The van der Waals surface area contributed by atoms with E-state index in [2.05, 4.69) is 16.9 Å². The van der Waals surface area contributed by atoms with Gasteiger partial charge in [0, 0.05) is 11.3 Å². The van der Waals surface area contributed by atoms with Gasteiger partial charge in [-0.1, -0.05) is 13.3 Å². The standard InChI is InChI=1S/C11H22N2O2S/c1-3-8(7-14)12-11(15)13-9-5-4-6-10(9)16-2/h8-10,14H,3-7H2,1-2H3,(H2,12,13,15)/t8-,9-,10-/m1/s1. The molecular formula is C11H22N2O2S. The number of rotatable bonds is 5. The van der Waals surface area contributed by atoms with Gasteiger partial charge in [-0.3, -0.25) is 0 Å². The molecule has 4 nitrogen and oxygen atoms in total. The first kappa shape index (κ1) is 13.6. The van der Waals surface area contributed by atoms with E-state index in [4.69, 9.17) is 5.11 Å². The highest BCUT2D eigenvalue weighted by molar-refractivity contribution is 7.99. The molecule has 94 valence electrons. The zero-order valence-electron chi connectivity index (χ0n) is 10.0. The fraction of sp³-hybridized carbons (Fsp3) is 0.909. The highest BCUT2D eigenvalue weighted by Gasteiger charge is 2.27. The van der Waals surface area contributed by atoms with Crippen molar-refractivity contribution in [2.24, 2.45) is 0 Å². The molecule has 1 aliphatic rings. The van der Waals surface area contributed by atoms with Crippen LogP contribution in [0.1, 0.15) is 32.6 Å². The normalized spacial score (nSPS) is 26.4. The monoisotopic (exact) mass is 246 g/mol. The average Bonchev–Trinajstić information content (AvgIpc) is 2.73. The van der Waals surface area contributed by atoms with Crippen molar-refractivity contribution in [2.45, 2.75) is 49.9 Å². The number of thioether (sulfide) groups is 1. The molecule has 0 aromatic rings. The molecule has 0 bridgehead atoms. The topological polar surface area (TPSA) is 61.4 Å². The maximum atomic E-state index is 11.6. The molecule has 0 saturated heterocycles. The molecule has 0 unspecified atom stereocenters. The molecule has 1 fully saturated rings. The summed E-state index contributed by atoms with van der Waals surface area (Å²) in [7, 11) is 0. The second kappa shape index (κ2) is 7.01. The van der Waals surface area contributed by atoms with Gasteiger partial charge in [0.1, 0.15) is 0 Å². The van der Waals surface area contributed by atoms with E-state index in [0.29, 0.717) is 5.25 Å². The highest BCUT2D eigenvalue weighted by atomic mass is 32.2. The Bertz CT molecular complexity index is 222. The maximum Gasteiger partial charge on any atom is 0.315 e. The van der Waals surface area contributed by atoms with E-state index in [1.54, 1.807) is 0 Å². The lowest BCUT2D eigenvalue weighted by atomic mass is 10.2. The number of amides is 2. The van der Waals surface area contributed by atoms with Gasteiger partial charge in [-0.25, -0.2) is 4.79 Å². The number of urea groups is 1. The predicted molar refractivity (Wildman–Crippen MR) is 67.8 cm³/mol. The number of hydrogen-bond donors (Lipinski definition) is 3. The molecule has 5 heteroatoms. The van der Waals surface area contributed by atoms with Crippen LogP contribution in [0.2, 0.25) is 0 Å². The molecule has 0 spiro atoms. The van der Waals surface area contributed by atoms with Gasteiger partial charge < -0.3 is 15.7 Å². The summed E-state index contributed by atoms with van der Waals surface area (Å²) < 4.78 is 0. The molecule has 0 aliphatic heterocycles.